The maximum Gasteiger partial charge on any atom is 0.164 e. The Balaban J connectivity index is 1.44. The van der Waals surface area contributed by atoms with Crippen molar-refractivity contribution in [3.8, 4) is 62.5 Å². The van der Waals surface area contributed by atoms with Crippen LogP contribution >= 0.6 is 0 Å². The van der Waals surface area contributed by atoms with Crippen molar-refractivity contribution in [1.82, 2.24) is 15.0 Å². The van der Waals surface area contributed by atoms with Gasteiger partial charge in [-0.25, -0.2) is 15.0 Å². The van der Waals surface area contributed by atoms with Crippen molar-refractivity contribution in [2.75, 3.05) is 0 Å². The third-order valence-corrected chi connectivity index (χ3v) is 8.01. The second kappa shape index (κ2) is 11.0. The quantitative estimate of drug-likeness (QED) is 0.204. The van der Waals surface area contributed by atoms with Gasteiger partial charge in [-0.2, -0.15) is 5.26 Å². The average molecular weight is 577 g/mol. The fraction of sp³-hybridized carbons (Fsp3) is 0. The van der Waals surface area contributed by atoms with Crippen LogP contribution in [0.5, 0.6) is 0 Å². The highest BCUT2D eigenvalue weighted by Crippen LogP contribution is 2.43. The number of hydrogen-bond donors (Lipinski definition) is 0. The van der Waals surface area contributed by atoms with Gasteiger partial charge in [0, 0.05) is 33.0 Å². The predicted molar refractivity (Wildman–Crippen MR) is 179 cm³/mol. The zero-order valence-corrected chi connectivity index (χ0v) is 24.1. The molecule has 0 bridgehead atoms. The molecule has 0 amide bonds. The largest absolute Gasteiger partial charge is 0.456 e. The van der Waals surface area contributed by atoms with E-state index in [9.17, 15) is 5.26 Å². The lowest BCUT2D eigenvalue weighted by Gasteiger charge is -2.14. The molecule has 45 heavy (non-hydrogen) atoms. The number of para-hydroxylation sites is 1. The molecule has 5 heteroatoms. The van der Waals surface area contributed by atoms with Crippen molar-refractivity contribution < 1.29 is 4.42 Å². The summed E-state index contributed by atoms with van der Waals surface area (Å²) in [4.78, 5) is 15.3. The van der Waals surface area contributed by atoms with E-state index in [4.69, 9.17) is 19.4 Å². The highest BCUT2D eigenvalue weighted by atomic mass is 16.3. The molecule has 210 valence electrons. The highest BCUT2D eigenvalue weighted by molar-refractivity contribution is 6.15. The molecule has 0 unspecified atom stereocenters. The molecule has 2 heterocycles. The fourth-order valence-electron chi connectivity index (χ4n) is 5.89. The molecule has 0 atom stereocenters. The fourth-order valence-corrected chi connectivity index (χ4v) is 5.89. The number of nitrogens with zero attached hydrogens (tertiary/aromatic N) is 4. The summed E-state index contributed by atoms with van der Waals surface area (Å²) in [5.41, 5.74) is 8.83. The Bertz CT molecular complexity index is 2370. The number of rotatable bonds is 5. The summed E-state index contributed by atoms with van der Waals surface area (Å²) >= 11 is 0. The van der Waals surface area contributed by atoms with Crippen molar-refractivity contribution in [1.29, 1.82) is 5.26 Å². The second-order valence-corrected chi connectivity index (χ2v) is 10.7. The van der Waals surface area contributed by atoms with Crippen LogP contribution in [0.2, 0.25) is 0 Å². The van der Waals surface area contributed by atoms with Gasteiger partial charge in [-0.05, 0) is 47.0 Å². The summed E-state index contributed by atoms with van der Waals surface area (Å²) in [6.07, 6.45) is 0. The van der Waals surface area contributed by atoms with Gasteiger partial charge in [-0.3, -0.25) is 0 Å². The molecule has 6 aromatic carbocycles. The molecule has 0 aliphatic rings. The summed E-state index contributed by atoms with van der Waals surface area (Å²) in [5.74, 6) is 1.72. The molecule has 0 fully saturated rings. The Hall–Kier alpha value is -6.38. The Morgan fingerprint density at radius 2 is 1.04 bits per heavy atom. The van der Waals surface area contributed by atoms with Gasteiger partial charge in [0.2, 0.25) is 0 Å². The summed E-state index contributed by atoms with van der Waals surface area (Å²) in [5, 5.41) is 11.5. The lowest BCUT2D eigenvalue weighted by atomic mass is 9.93. The van der Waals surface area contributed by atoms with Crippen molar-refractivity contribution in [2.45, 2.75) is 0 Å². The van der Waals surface area contributed by atoms with E-state index in [0.717, 1.165) is 60.9 Å². The predicted octanol–water partition coefficient (Wildman–Crippen LogP) is 9.98. The summed E-state index contributed by atoms with van der Waals surface area (Å²) < 4.78 is 6.30. The Morgan fingerprint density at radius 1 is 0.444 bits per heavy atom. The number of aromatic nitrogens is 3. The van der Waals surface area contributed by atoms with Crippen LogP contribution in [-0.4, -0.2) is 15.0 Å². The zero-order chi connectivity index (χ0) is 30.2. The molecule has 2 aromatic heterocycles. The van der Waals surface area contributed by atoms with E-state index >= 15 is 0 Å². The number of benzene rings is 6. The van der Waals surface area contributed by atoms with Crippen LogP contribution in [0.4, 0.5) is 0 Å². The maximum atomic E-state index is 9.50. The van der Waals surface area contributed by atoms with E-state index < -0.39 is 0 Å². The minimum Gasteiger partial charge on any atom is -0.456 e. The van der Waals surface area contributed by atoms with E-state index in [1.807, 2.05) is 115 Å². The van der Waals surface area contributed by atoms with E-state index in [2.05, 4.69) is 36.4 Å². The molecule has 0 radical (unpaired) electrons. The number of nitriles is 1. The van der Waals surface area contributed by atoms with Crippen LogP contribution in [0.25, 0.3) is 78.4 Å². The van der Waals surface area contributed by atoms with E-state index in [1.54, 1.807) is 0 Å². The zero-order valence-electron chi connectivity index (χ0n) is 24.1. The molecular weight excluding hydrogens is 552 g/mol. The molecular formula is C40H24N4O. The van der Waals surface area contributed by atoms with Gasteiger partial charge in [0.25, 0.3) is 0 Å². The van der Waals surface area contributed by atoms with Crippen molar-refractivity contribution in [2.24, 2.45) is 0 Å². The van der Waals surface area contributed by atoms with Gasteiger partial charge in [0.05, 0.1) is 11.6 Å². The summed E-state index contributed by atoms with van der Waals surface area (Å²) in [7, 11) is 0. The van der Waals surface area contributed by atoms with Crippen LogP contribution in [0.3, 0.4) is 0 Å². The van der Waals surface area contributed by atoms with Gasteiger partial charge in [0.15, 0.2) is 17.5 Å². The molecule has 0 aliphatic carbocycles. The topological polar surface area (TPSA) is 75.6 Å². The summed E-state index contributed by atoms with van der Waals surface area (Å²) in [6, 6.07) is 50.4. The van der Waals surface area contributed by atoms with Gasteiger partial charge in [-0.15, -0.1) is 0 Å². The molecule has 5 nitrogen and oxygen atoms in total. The first-order valence-electron chi connectivity index (χ1n) is 14.7. The minimum atomic E-state index is 0.549. The third kappa shape index (κ3) is 4.71. The third-order valence-electron chi connectivity index (χ3n) is 8.01. The molecule has 0 aliphatic heterocycles. The van der Waals surface area contributed by atoms with Crippen molar-refractivity contribution in [3.05, 3.63) is 151 Å². The van der Waals surface area contributed by atoms with E-state index in [-0.39, 0.29) is 0 Å². The van der Waals surface area contributed by atoms with Gasteiger partial charge < -0.3 is 4.42 Å². The molecule has 8 aromatic rings. The standard InChI is InChI=1S/C40H24N4O/c41-25-26-19-21-28(22-20-26)36-33(23-24-35-37(36)32-17-9-10-18-34(32)45-35)40-43-38(29-13-5-2-6-14-29)42-39(44-40)31-16-8-7-15-30(31)27-11-3-1-4-12-27/h1-24H. The van der Waals surface area contributed by atoms with Crippen LogP contribution in [0.1, 0.15) is 5.56 Å². The maximum absolute atomic E-state index is 9.50. The molecule has 8 rings (SSSR count). The normalized spacial score (nSPS) is 11.1. The van der Waals surface area contributed by atoms with E-state index in [1.165, 1.54) is 0 Å². The average Bonchev–Trinajstić information content (AvgIpc) is 3.51. The lowest BCUT2D eigenvalue weighted by Crippen LogP contribution is -2.02. The lowest BCUT2D eigenvalue weighted by molar-refractivity contribution is 0.669. The first-order valence-corrected chi connectivity index (χ1v) is 14.7. The minimum absolute atomic E-state index is 0.549. The molecule has 0 N–H and O–H groups in total. The van der Waals surface area contributed by atoms with Crippen molar-refractivity contribution in [3.63, 3.8) is 0 Å². The van der Waals surface area contributed by atoms with Crippen LogP contribution in [0.15, 0.2) is 150 Å². The van der Waals surface area contributed by atoms with Crippen LogP contribution < -0.4 is 0 Å². The number of furan rings is 1. The van der Waals surface area contributed by atoms with Crippen LogP contribution in [-0.2, 0) is 0 Å². The second-order valence-electron chi connectivity index (χ2n) is 10.7. The SMILES string of the molecule is N#Cc1ccc(-c2c(-c3nc(-c4ccccc4)nc(-c4ccccc4-c4ccccc4)n3)ccc3oc4ccccc4c23)cc1. The Morgan fingerprint density at radius 3 is 1.78 bits per heavy atom. The van der Waals surface area contributed by atoms with Crippen molar-refractivity contribution >= 4 is 21.9 Å². The van der Waals surface area contributed by atoms with Gasteiger partial charge >= 0.3 is 0 Å². The molecule has 0 spiro atoms. The number of fused-ring (bicyclic) bond motifs is 3. The van der Waals surface area contributed by atoms with Gasteiger partial charge in [0.1, 0.15) is 11.2 Å². The first kappa shape index (κ1) is 26.3. The Labute approximate surface area is 259 Å². The summed E-state index contributed by atoms with van der Waals surface area (Å²) in [6.45, 7) is 0. The van der Waals surface area contributed by atoms with Crippen LogP contribution in [0, 0.1) is 11.3 Å². The molecule has 0 saturated heterocycles. The monoisotopic (exact) mass is 576 g/mol. The Kier molecular flexibility index (Phi) is 6.44. The number of hydrogen-bond acceptors (Lipinski definition) is 5. The smallest absolute Gasteiger partial charge is 0.164 e. The van der Waals surface area contributed by atoms with Gasteiger partial charge in [-0.1, -0.05) is 115 Å². The van der Waals surface area contributed by atoms with E-state index in [0.29, 0.717) is 23.0 Å². The highest BCUT2D eigenvalue weighted by Gasteiger charge is 2.22. The molecule has 0 saturated carbocycles. The first-order chi connectivity index (χ1) is 22.3.